The third kappa shape index (κ3) is 2.25. The Balaban J connectivity index is 2.62. The predicted molar refractivity (Wildman–Crippen MR) is 65.0 cm³/mol. The summed E-state index contributed by atoms with van der Waals surface area (Å²) >= 11 is 0. The van der Waals surface area contributed by atoms with Gasteiger partial charge < -0.3 is 9.84 Å². The first kappa shape index (κ1) is 11.1. The first-order valence-corrected chi connectivity index (χ1v) is 5.04. The van der Waals surface area contributed by atoms with E-state index in [2.05, 4.69) is 4.98 Å². The lowest BCUT2D eigenvalue weighted by Gasteiger charge is -2.07. The van der Waals surface area contributed by atoms with Gasteiger partial charge in [0.1, 0.15) is 5.75 Å². The van der Waals surface area contributed by atoms with Crippen LogP contribution >= 0.6 is 0 Å². The Morgan fingerprint density at radius 1 is 1.35 bits per heavy atom. The molecule has 0 aliphatic carbocycles. The molecule has 0 atom stereocenters. The Bertz CT molecular complexity index is 590. The summed E-state index contributed by atoms with van der Waals surface area (Å²) in [7, 11) is 1.60. The van der Waals surface area contributed by atoms with E-state index >= 15 is 0 Å². The van der Waals surface area contributed by atoms with Crippen molar-refractivity contribution in [1.29, 1.82) is 0 Å². The number of pyridine rings is 1. The van der Waals surface area contributed by atoms with Crippen molar-refractivity contribution in [3.8, 4) is 5.75 Å². The van der Waals surface area contributed by atoms with Crippen LogP contribution in [0.1, 0.15) is 5.56 Å². The van der Waals surface area contributed by atoms with E-state index in [9.17, 15) is 4.79 Å². The zero-order chi connectivity index (χ0) is 12.3. The molecule has 0 bridgehead atoms. The van der Waals surface area contributed by atoms with Gasteiger partial charge in [-0.15, -0.1) is 0 Å². The van der Waals surface area contributed by atoms with Crippen molar-refractivity contribution in [1.82, 2.24) is 4.98 Å². The number of aliphatic carboxylic acids is 1. The zero-order valence-corrected chi connectivity index (χ0v) is 9.25. The Labute approximate surface area is 98.2 Å². The first-order valence-electron chi connectivity index (χ1n) is 5.04. The highest BCUT2D eigenvalue weighted by atomic mass is 16.5. The van der Waals surface area contributed by atoms with E-state index in [0.717, 1.165) is 28.2 Å². The normalized spacial score (nSPS) is 10.9. The first-order chi connectivity index (χ1) is 8.22. The molecule has 0 spiro atoms. The number of hydrogen-bond donors (Lipinski definition) is 1. The standard InChI is InChI=1S/C13H11NO3/c1-17-12-4-2-9(3-5-13(15)16)11-8-14-7-6-10(11)12/h2-8H,1H3,(H,15,16)/b5-3+. The Kier molecular flexibility index (Phi) is 3.05. The number of hydrogen-bond acceptors (Lipinski definition) is 3. The molecule has 0 radical (unpaired) electrons. The number of methoxy groups -OCH3 is 1. The lowest BCUT2D eigenvalue weighted by Crippen LogP contribution is -1.89. The van der Waals surface area contributed by atoms with Crippen molar-refractivity contribution in [2.24, 2.45) is 0 Å². The van der Waals surface area contributed by atoms with Gasteiger partial charge >= 0.3 is 5.97 Å². The number of nitrogens with zero attached hydrogens (tertiary/aromatic N) is 1. The molecule has 1 heterocycles. The van der Waals surface area contributed by atoms with E-state index < -0.39 is 5.97 Å². The average Bonchev–Trinajstić information content (AvgIpc) is 2.35. The Morgan fingerprint density at radius 2 is 2.18 bits per heavy atom. The molecule has 2 rings (SSSR count). The van der Waals surface area contributed by atoms with Gasteiger partial charge in [-0.25, -0.2) is 4.79 Å². The van der Waals surface area contributed by atoms with Crippen LogP contribution < -0.4 is 4.74 Å². The van der Waals surface area contributed by atoms with Gasteiger partial charge in [0, 0.05) is 29.2 Å². The molecule has 1 N–H and O–H groups in total. The van der Waals surface area contributed by atoms with Gasteiger partial charge in [0.15, 0.2) is 0 Å². The lowest BCUT2D eigenvalue weighted by molar-refractivity contribution is -0.131. The minimum atomic E-state index is -0.974. The molecule has 0 saturated heterocycles. The maximum Gasteiger partial charge on any atom is 0.328 e. The second-order valence-electron chi connectivity index (χ2n) is 3.45. The molecule has 17 heavy (non-hydrogen) atoms. The lowest BCUT2D eigenvalue weighted by atomic mass is 10.1. The molecular formula is C13H11NO3. The molecule has 0 unspecified atom stereocenters. The average molecular weight is 229 g/mol. The smallest absolute Gasteiger partial charge is 0.328 e. The molecular weight excluding hydrogens is 218 g/mol. The maximum atomic E-state index is 10.5. The minimum absolute atomic E-state index is 0.745. The molecule has 0 fully saturated rings. The highest BCUT2D eigenvalue weighted by molar-refractivity contribution is 5.96. The summed E-state index contributed by atoms with van der Waals surface area (Å²) < 4.78 is 5.24. The molecule has 0 aliphatic rings. The van der Waals surface area contributed by atoms with Gasteiger partial charge in [-0.05, 0) is 23.8 Å². The van der Waals surface area contributed by atoms with Crippen molar-refractivity contribution < 1.29 is 14.6 Å². The van der Waals surface area contributed by atoms with E-state index in [1.807, 2.05) is 18.2 Å². The van der Waals surface area contributed by atoms with Crippen LogP contribution in [0.5, 0.6) is 5.75 Å². The summed E-state index contributed by atoms with van der Waals surface area (Å²) in [4.78, 5) is 14.5. The fraction of sp³-hybridized carbons (Fsp3) is 0.0769. The molecule has 0 aliphatic heterocycles. The number of aromatic nitrogens is 1. The summed E-state index contributed by atoms with van der Waals surface area (Å²) in [6.45, 7) is 0. The predicted octanol–water partition coefficient (Wildman–Crippen LogP) is 2.34. The van der Waals surface area contributed by atoms with Gasteiger partial charge in [-0.3, -0.25) is 4.98 Å². The van der Waals surface area contributed by atoms with Crippen LogP contribution in [0.25, 0.3) is 16.8 Å². The zero-order valence-electron chi connectivity index (χ0n) is 9.25. The van der Waals surface area contributed by atoms with Gasteiger partial charge in [-0.2, -0.15) is 0 Å². The fourth-order valence-corrected chi connectivity index (χ4v) is 1.67. The SMILES string of the molecule is COc1ccc(/C=C/C(=O)O)c2cnccc12. The number of carbonyl (C=O) groups is 1. The van der Waals surface area contributed by atoms with Crippen molar-refractivity contribution in [3.63, 3.8) is 0 Å². The number of carboxylic acids is 1. The van der Waals surface area contributed by atoms with Gasteiger partial charge in [0.05, 0.1) is 7.11 Å². The third-order valence-electron chi connectivity index (χ3n) is 2.44. The van der Waals surface area contributed by atoms with Crippen LogP contribution in [-0.4, -0.2) is 23.2 Å². The molecule has 1 aromatic carbocycles. The van der Waals surface area contributed by atoms with E-state index in [1.165, 1.54) is 0 Å². The fourth-order valence-electron chi connectivity index (χ4n) is 1.67. The molecule has 1 aromatic heterocycles. The highest BCUT2D eigenvalue weighted by Crippen LogP contribution is 2.28. The molecule has 0 amide bonds. The topological polar surface area (TPSA) is 59.4 Å². The third-order valence-corrected chi connectivity index (χ3v) is 2.44. The van der Waals surface area contributed by atoms with Crippen LogP contribution in [0.2, 0.25) is 0 Å². The highest BCUT2D eigenvalue weighted by Gasteiger charge is 2.04. The monoisotopic (exact) mass is 229 g/mol. The number of fused-ring (bicyclic) bond motifs is 1. The van der Waals surface area contributed by atoms with Crippen LogP contribution in [0.3, 0.4) is 0 Å². The minimum Gasteiger partial charge on any atom is -0.496 e. The van der Waals surface area contributed by atoms with Gasteiger partial charge in [-0.1, -0.05) is 6.07 Å². The molecule has 86 valence electrons. The van der Waals surface area contributed by atoms with E-state index in [1.54, 1.807) is 25.6 Å². The molecule has 4 heteroatoms. The second-order valence-corrected chi connectivity index (χ2v) is 3.45. The summed E-state index contributed by atoms with van der Waals surface area (Å²) in [5.74, 6) is -0.229. The van der Waals surface area contributed by atoms with Crippen LogP contribution in [-0.2, 0) is 4.79 Å². The molecule has 2 aromatic rings. The van der Waals surface area contributed by atoms with Crippen LogP contribution in [0.15, 0.2) is 36.7 Å². The van der Waals surface area contributed by atoms with Gasteiger partial charge in [0.25, 0.3) is 0 Å². The van der Waals surface area contributed by atoms with Crippen molar-refractivity contribution >= 4 is 22.8 Å². The van der Waals surface area contributed by atoms with E-state index in [0.29, 0.717) is 0 Å². The van der Waals surface area contributed by atoms with Crippen molar-refractivity contribution in [2.45, 2.75) is 0 Å². The summed E-state index contributed by atoms with van der Waals surface area (Å²) in [5.41, 5.74) is 0.802. The Morgan fingerprint density at radius 3 is 2.88 bits per heavy atom. The van der Waals surface area contributed by atoms with Crippen LogP contribution in [0.4, 0.5) is 0 Å². The summed E-state index contributed by atoms with van der Waals surface area (Å²) in [5, 5.41) is 10.4. The van der Waals surface area contributed by atoms with Crippen molar-refractivity contribution in [2.75, 3.05) is 7.11 Å². The number of ether oxygens (including phenoxy) is 1. The Hall–Kier alpha value is -2.36. The van der Waals surface area contributed by atoms with Crippen LogP contribution in [0, 0.1) is 0 Å². The quantitative estimate of drug-likeness (QED) is 0.820. The number of rotatable bonds is 3. The number of benzene rings is 1. The number of carboxylic acid groups (broad SMARTS) is 1. The van der Waals surface area contributed by atoms with E-state index in [4.69, 9.17) is 9.84 Å². The van der Waals surface area contributed by atoms with Gasteiger partial charge in [0.2, 0.25) is 0 Å². The largest absolute Gasteiger partial charge is 0.496 e. The maximum absolute atomic E-state index is 10.5. The molecule has 0 saturated carbocycles. The van der Waals surface area contributed by atoms with Crippen molar-refractivity contribution in [3.05, 3.63) is 42.2 Å². The summed E-state index contributed by atoms with van der Waals surface area (Å²) in [6, 6.07) is 5.46. The molecule has 4 nitrogen and oxygen atoms in total. The second kappa shape index (κ2) is 4.65. The van der Waals surface area contributed by atoms with E-state index in [-0.39, 0.29) is 0 Å². The summed E-state index contributed by atoms with van der Waals surface area (Å²) in [6.07, 6.45) is 6.02.